The van der Waals surface area contributed by atoms with E-state index >= 15 is 0 Å². The first-order chi connectivity index (χ1) is 2.00. The first-order valence-electron chi connectivity index (χ1n) is 0.894. The van der Waals surface area contributed by atoms with Crippen LogP contribution in [-0.2, 0) is 32.7 Å². The van der Waals surface area contributed by atoms with Crippen molar-refractivity contribution in [2.45, 2.75) is 0 Å². The predicted octanol–water partition coefficient (Wildman–Crippen LogP) is -3.80. The van der Waals surface area contributed by atoms with Gasteiger partial charge >= 0.3 is 9.05 Å². The second-order valence-corrected chi connectivity index (χ2v) is 1.80. The Hall–Kier alpha value is 3.21. The van der Waals surface area contributed by atoms with Gasteiger partial charge in [-0.15, -0.1) is 0 Å². The fourth-order valence-corrected chi connectivity index (χ4v) is 0. The van der Waals surface area contributed by atoms with Gasteiger partial charge in [0, 0.05) is 79.6 Å². The standard InChI is InChI=1S/Al.H4O4Si.Y.Yb.3H/c;1-5(2,3)4;;;;;/h;1-4H;;;;;. The molecule has 0 saturated heterocycles. The molecule has 8 heteroatoms. The number of rotatable bonds is 0. The molecular weight excluding hydrogens is 381 g/mol. The minimum Gasteiger partial charge on any atom is -0.368 e. The van der Waals surface area contributed by atoms with Gasteiger partial charge in [-0.1, -0.05) is 0 Å². The Morgan fingerprint density at radius 2 is 0.875 bits per heavy atom. The molecule has 0 aliphatic rings. The molecule has 8 heavy (non-hydrogen) atoms. The summed E-state index contributed by atoms with van der Waals surface area (Å²) in [7, 11) is -4.61. The van der Waals surface area contributed by atoms with E-state index in [0.29, 0.717) is 0 Å². The van der Waals surface area contributed by atoms with Gasteiger partial charge in [-0.05, 0) is 0 Å². The summed E-state index contributed by atoms with van der Waals surface area (Å²) in [5.74, 6) is 0. The van der Waals surface area contributed by atoms with Gasteiger partial charge in [-0.2, -0.15) is 0 Å². The third-order valence-corrected chi connectivity index (χ3v) is 0. The van der Waals surface area contributed by atoms with E-state index in [1.165, 1.54) is 0 Å². The monoisotopic (exact) mass is 389 g/mol. The summed E-state index contributed by atoms with van der Waals surface area (Å²) in [6.07, 6.45) is 0. The van der Waals surface area contributed by atoms with Crippen LogP contribution in [0.4, 0.5) is 0 Å². The molecule has 0 aliphatic heterocycles. The number of hydrogen-bond donors (Lipinski definition) is 4. The fraction of sp³-hybridized carbons (Fsp3) is 0. The Bertz CT molecular complexity index is 31.5. The minimum absolute atomic E-state index is 0. The summed E-state index contributed by atoms with van der Waals surface area (Å²) in [5.41, 5.74) is 0. The topological polar surface area (TPSA) is 80.9 Å². The molecule has 1 radical (unpaired) electrons. The van der Waals surface area contributed by atoms with E-state index in [9.17, 15) is 0 Å². The van der Waals surface area contributed by atoms with Crippen molar-refractivity contribution >= 4 is 26.4 Å². The molecule has 0 aromatic carbocycles. The molecule has 0 atom stereocenters. The third kappa shape index (κ3) is 60.2. The van der Waals surface area contributed by atoms with E-state index in [1.54, 1.807) is 0 Å². The van der Waals surface area contributed by atoms with E-state index in [4.69, 9.17) is 19.2 Å². The van der Waals surface area contributed by atoms with E-state index < -0.39 is 9.05 Å². The molecule has 0 aromatic heterocycles. The van der Waals surface area contributed by atoms with Gasteiger partial charge < -0.3 is 19.2 Å². The summed E-state index contributed by atoms with van der Waals surface area (Å²) >= 11 is 0. The van der Waals surface area contributed by atoms with Crippen LogP contribution in [0.15, 0.2) is 0 Å². The Balaban J connectivity index is -0.0000000267. The average molecular weight is 388 g/mol. The quantitative estimate of drug-likeness (QED) is 0.321. The van der Waals surface area contributed by atoms with Crippen LogP contribution in [0.2, 0.25) is 0 Å². The summed E-state index contributed by atoms with van der Waals surface area (Å²) in [6, 6.07) is 0. The molecule has 0 aliphatic carbocycles. The van der Waals surface area contributed by atoms with Crippen LogP contribution in [0.3, 0.4) is 0 Å². The Labute approximate surface area is 122 Å². The van der Waals surface area contributed by atoms with Crippen LogP contribution >= 0.6 is 0 Å². The van der Waals surface area contributed by atoms with Crippen LogP contribution in [0.25, 0.3) is 0 Å². The largest absolute Gasteiger partial charge is 0.668 e. The van der Waals surface area contributed by atoms with Crippen LogP contribution < -0.4 is 0 Å². The van der Waals surface area contributed by atoms with Gasteiger partial charge in [0.15, 0.2) is 17.4 Å². The van der Waals surface area contributed by atoms with Crippen LogP contribution in [0.1, 0.15) is 0 Å². The van der Waals surface area contributed by atoms with Crippen molar-refractivity contribution in [1.82, 2.24) is 0 Å². The smallest absolute Gasteiger partial charge is 0.368 e. The predicted molar refractivity (Wildman–Crippen MR) is 24.6 cm³/mol. The summed E-state index contributed by atoms with van der Waals surface area (Å²) < 4.78 is 0. The third-order valence-electron chi connectivity index (χ3n) is 0. The second-order valence-electron chi connectivity index (χ2n) is 0.600. The average Bonchev–Trinajstić information content (AvgIpc) is 0.722. The first kappa shape index (κ1) is 22.5. The van der Waals surface area contributed by atoms with Crippen molar-refractivity contribution in [3.63, 3.8) is 0 Å². The zero-order valence-electron chi connectivity index (χ0n) is 3.13. The van der Waals surface area contributed by atoms with Crippen molar-refractivity contribution in [2.24, 2.45) is 0 Å². The maximum Gasteiger partial charge on any atom is 0.668 e. The summed E-state index contributed by atoms with van der Waals surface area (Å²) in [5, 5.41) is 0. The molecule has 0 saturated carbocycles. The van der Waals surface area contributed by atoms with Gasteiger partial charge in [0.05, 0.1) is 0 Å². The molecule has 0 heterocycles. The molecular formula is H7AlO4SiYYb. The maximum absolute atomic E-state index is 7.33. The van der Waals surface area contributed by atoms with Crippen molar-refractivity contribution in [3.8, 4) is 0 Å². The van der Waals surface area contributed by atoms with Crippen molar-refractivity contribution in [3.05, 3.63) is 0 Å². The first-order valence-corrected chi connectivity index (χ1v) is 2.68. The molecule has 4 nitrogen and oxygen atoms in total. The van der Waals surface area contributed by atoms with E-state index in [0.717, 1.165) is 0 Å². The molecule has 0 unspecified atom stereocenters. The molecule has 0 rings (SSSR count). The van der Waals surface area contributed by atoms with Crippen LogP contribution in [0.5, 0.6) is 0 Å². The van der Waals surface area contributed by atoms with Crippen molar-refractivity contribution in [1.29, 1.82) is 0 Å². The van der Waals surface area contributed by atoms with Crippen LogP contribution in [-0.4, -0.2) is 45.6 Å². The van der Waals surface area contributed by atoms with Gasteiger partial charge in [0.2, 0.25) is 0 Å². The van der Waals surface area contributed by atoms with Gasteiger partial charge in [-0.25, -0.2) is 0 Å². The SMILES string of the molecule is O[Si](O)(O)O.[AlH3].[Y].[Yb]. The maximum atomic E-state index is 7.33. The zero-order chi connectivity index (χ0) is 4.50. The fourth-order valence-electron chi connectivity index (χ4n) is 0. The van der Waals surface area contributed by atoms with Gasteiger partial charge in [0.1, 0.15) is 0 Å². The van der Waals surface area contributed by atoms with Crippen molar-refractivity contribution in [2.75, 3.05) is 0 Å². The Morgan fingerprint density at radius 3 is 0.875 bits per heavy atom. The van der Waals surface area contributed by atoms with E-state index in [-0.39, 0.29) is 97.0 Å². The zero-order valence-corrected chi connectivity index (χ0v) is 8.69. The number of hydrogen-bond acceptors (Lipinski definition) is 4. The molecule has 0 fully saturated rings. The molecule has 0 bridgehead atoms. The van der Waals surface area contributed by atoms with Crippen LogP contribution in [0, 0.1) is 46.9 Å². The van der Waals surface area contributed by atoms with E-state index in [1.807, 2.05) is 0 Å². The Kier molecular flexibility index (Phi) is 28.7. The molecule has 4 N–H and O–H groups in total. The second kappa shape index (κ2) is 10.2. The Morgan fingerprint density at radius 1 is 0.875 bits per heavy atom. The van der Waals surface area contributed by atoms with Gasteiger partial charge in [-0.3, -0.25) is 0 Å². The molecule has 0 aromatic rings. The van der Waals surface area contributed by atoms with E-state index in [2.05, 4.69) is 0 Å². The van der Waals surface area contributed by atoms with Gasteiger partial charge in [0.25, 0.3) is 0 Å². The molecule has 0 spiro atoms. The molecule has 0 amide bonds. The minimum atomic E-state index is -4.61. The van der Waals surface area contributed by atoms with Crippen molar-refractivity contribution < 1.29 is 98.8 Å². The molecule has 55 valence electrons. The summed E-state index contributed by atoms with van der Waals surface area (Å²) in [6.45, 7) is 0. The normalized spacial score (nSPS) is 7.50. The summed E-state index contributed by atoms with van der Waals surface area (Å²) in [4.78, 5) is 29.3.